The number of rotatable bonds is 21. The molecular formula is C43H54O4. The van der Waals surface area contributed by atoms with Crippen LogP contribution in [0, 0.1) is 13.8 Å². The number of hydrogen-bond donors (Lipinski definition) is 2. The topological polar surface area (TPSA) is 66.8 Å². The summed E-state index contributed by atoms with van der Waals surface area (Å²) < 4.78 is 5.62. The van der Waals surface area contributed by atoms with Crippen LogP contribution in [0.5, 0.6) is 17.2 Å². The SMILES string of the molecule is CCCCCCCCCCCCc1c(O)cc(C)cc1OC(=O)C=CC=CC=CC=CC=CC=CC=CC=Cc1ccc(O)c(C)c1. The third kappa shape index (κ3) is 18.2. The van der Waals surface area contributed by atoms with E-state index in [1.807, 2.05) is 111 Å². The zero-order chi connectivity index (χ0) is 34.0. The lowest BCUT2D eigenvalue weighted by Crippen LogP contribution is -2.06. The number of phenols is 2. The van der Waals surface area contributed by atoms with Crippen LogP contribution in [-0.4, -0.2) is 16.2 Å². The van der Waals surface area contributed by atoms with E-state index in [9.17, 15) is 15.0 Å². The Hall–Kier alpha value is -4.57. The molecule has 0 amide bonds. The second-order valence-electron chi connectivity index (χ2n) is 11.7. The highest BCUT2D eigenvalue weighted by Crippen LogP contribution is 2.31. The minimum atomic E-state index is -0.468. The van der Waals surface area contributed by atoms with Crippen LogP contribution >= 0.6 is 0 Å². The predicted molar refractivity (Wildman–Crippen MR) is 200 cm³/mol. The van der Waals surface area contributed by atoms with E-state index in [-0.39, 0.29) is 5.75 Å². The van der Waals surface area contributed by atoms with E-state index in [1.165, 1.54) is 57.4 Å². The van der Waals surface area contributed by atoms with Gasteiger partial charge < -0.3 is 14.9 Å². The molecule has 2 aromatic rings. The van der Waals surface area contributed by atoms with E-state index >= 15 is 0 Å². The van der Waals surface area contributed by atoms with Gasteiger partial charge in [0.2, 0.25) is 0 Å². The molecule has 2 N–H and O–H groups in total. The van der Waals surface area contributed by atoms with Crippen molar-refractivity contribution in [1.29, 1.82) is 0 Å². The molecule has 0 heterocycles. The van der Waals surface area contributed by atoms with Crippen LogP contribution in [0.25, 0.3) is 6.08 Å². The lowest BCUT2D eigenvalue weighted by atomic mass is 10.0. The molecule has 0 saturated carbocycles. The van der Waals surface area contributed by atoms with Crippen LogP contribution in [0.2, 0.25) is 0 Å². The summed E-state index contributed by atoms with van der Waals surface area (Å²) in [6.45, 7) is 6.01. The molecule has 250 valence electrons. The minimum absolute atomic E-state index is 0.194. The lowest BCUT2D eigenvalue weighted by molar-refractivity contribution is -0.129. The van der Waals surface area contributed by atoms with Crippen LogP contribution < -0.4 is 4.74 Å². The molecule has 47 heavy (non-hydrogen) atoms. The average molecular weight is 635 g/mol. The number of carbonyl (C=O) groups excluding carboxylic acids is 1. The number of allylic oxidation sites excluding steroid dienone is 14. The normalized spacial score (nSPS) is 12.7. The monoisotopic (exact) mass is 634 g/mol. The molecule has 0 aliphatic heterocycles. The van der Waals surface area contributed by atoms with E-state index in [0.29, 0.717) is 23.5 Å². The number of carbonyl (C=O) groups is 1. The maximum absolute atomic E-state index is 12.5. The van der Waals surface area contributed by atoms with Gasteiger partial charge in [-0.1, -0.05) is 162 Å². The summed E-state index contributed by atoms with van der Waals surface area (Å²) in [5, 5.41) is 20.1. The maximum Gasteiger partial charge on any atom is 0.336 e. The first-order chi connectivity index (χ1) is 22.9. The van der Waals surface area contributed by atoms with Crippen molar-refractivity contribution in [2.45, 2.75) is 91.4 Å². The van der Waals surface area contributed by atoms with Crippen LogP contribution in [0.15, 0.2) is 121 Å². The molecular weight excluding hydrogens is 580 g/mol. The number of ether oxygens (including phenoxy) is 1. The zero-order valence-electron chi connectivity index (χ0n) is 28.6. The second-order valence-corrected chi connectivity index (χ2v) is 11.7. The number of aromatic hydroxyl groups is 2. The highest BCUT2D eigenvalue weighted by Gasteiger charge is 2.13. The van der Waals surface area contributed by atoms with Gasteiger partial charge in [0, 0.05) is 11.6 Å². The Balaban J connectivity index is 1.68. The largest absolute Gasteiger partial charge is 0.508 e. The maximum atomic E-state index is 12.5. The fourth-order valence-corrected chi connectivity index (χ4v) is 4.89. The Bertz CT molecular complexity index is 1450. The van der Waals surface area contributed by atoms with Crippen molar-refractivity contribution in [3.63, 3.8) is 0 Å². The Morgan fingerprint density at radius 3 is 1.68 bits per heavy atom. The Morgan fingerprint density at radius 2 is 1.13 bits per heavy atom. The van der Waals surface area contributed by atoms with E-state index in [0.717, 1.165) is 29.5 Å². The summed E-state index contributed by atoms with van der Waals surface area (Å²) >= 11 is 0. The van der Waals surface area contributed by atoms with Gasteiger partial charge in [-0.15, -0.1) is 0 Å². The first kappa shape index (κ1) is 38.6. The Morgan fingerprint density at radius 1 is 0.617 bits per heavy atom. The first-order valence-corrected chi connectivity index (χ1v) is 17.1. The summed E-state index contributed by atoms with van der Waals surface area (Å²) in [5.41, 5.74) is 3.47. The third-order valence-corrected chi connectivity index (χ3v) is 7.51. The van der Waals surface area contributed by atoms with Gasteiger partial charge in [-0.05, 0) is 67.6 Å². The molecule has 0 aliphatic carbocycles. The number of unbranched alkanes of at least 4 members (excludes halogenated alkanes) is 9. The van der Waals surface area contributed by atoms with Crippen LogP contribution in [0.3, 0.4) is 0 Å². The van der Waals surface area contributed by atoms with Crippen LogP contribution in [-0.2, 0) is 11.2 Å². The minimum Gasteiger partial charge on any atom is -0.508 e. The van der Waals surface area contributed by atoms with Crippen molar-refractivity contribution >= 4 is 12.0 Å². The third-order valence-electron chi connectivity index (χ3n) is 7.51. The van der Waals surface area contributed by atoms with Gasteiger partial charge in [-0.3, -0.25) is 0 Å². The molecule has 0 aliphatic rings. The van der Waals surface area contributed by atoms with Gasteiger partial charge >= 0.3 is 5.97 Å². The molecule has 0 unspecified atom stereocenters. The molecule has 2 aromatic carbocycles. The summed E-state index contributed by atoms with van der Waals surface area (Å²) in [7, 11) is 0. The summed E-state index contributed by atoms with van der Waals surface area (Å²) in [6, 6.07) is 9.07. The van der Waals surface area contributed by atoms with Gasteiger partial charge in [-0.2, -0.15) is 0 Å². The molecule has 0 fully saturated rings. The fourth-order valence-electron chi connectivity index (χ4n) is 4.89. The molecule has 0 saturated heterocycles. The van der Waals surface area contributed by atoms with Crippen LogP contribution in [0.4, 0.5) is 0 Å². The summed E-state index contributed by atoms with van der Waals surface area (Å²) in [5.74, 6) is 0.479. The summed E-state index contributed by atoms with van der Waals surface area (Å²) in [4.78, 5) is 12.5. The Kier molecular flexibility index (Phi) is 20.2. The fraction of sp³-hybridized carbons (Fsp3) is 0.326. The van der Waals surface area contributed by atoms with E-state index in [4.69, 9.17) is 4.74 Å². The molecule has 4 heteroatoms. The molecule has 4 nitrogen and oxygen atoms in total. The van der Waals surface area contributed by atoms with Crippen molar-refractivity contribution in [1.82, 2.24) is 0 Å². The molecule has 0 atom stereocenters. The van der Waals surface area contributed by atoms with E-state index < -0.39 is 5.97 Å². The molecule has 0 spiro atoms. The smallest absolute Gasteiger partial charge is 0.336 e. The van der Waals surface area contributed by atoms with Gasteiger partial charge in [0.15, 0.2) is 0 Å². The molecule has 0 bridgehead atoms. The second kappa shape index (κ2) is 24.6. The highest BCUT2D eigenvalue weighted by atomic mass is 16.5. The van der Waals surface area contributed by atoms with Gasteiger partial charge in [0.25, 0.3) is 0 Å². The van der Waals surface area contributed by atoms with E-state index in [2.05, 4.69) is 6.92 Å². The molecule has 2 rings (SSSR count). The van der Waals surface area contributed by atoms with Gasteiger partial charge in [0.05, 0.1) is 0 Å². The number of benzene rings is 2. The molecule has 0 aromatic heterocycles. The number of phenolic OH excluding ortho intramolecular Hbond substituents is 2. The average Bonchev–Trinajstić information content (AvgIpc) is 3.04. The number of esters is 1. The number of hydrogen-bond acceptors (Lipinski definition) is 4. The number of aryl methyl sites for hydroxylation is 2. The van der Waals surface area contributed by atoms with Crippen LogP contribution in [0.1, 0.15) is 93.4 Å². The lowest BCUT2D eigenvalue weighted by Gasteiger charge is -2.12. The zero-order valence-corrected chi connectivity index (χ0v) is 28.6. The highest BCUT2D eigenvalue weighted by molar-refractivity contribution is 5.84. The Labute approximate surface area is 283 Å². The van der Waals surface area contributed by atoms with Crippen molar-refractivity contribution in [2.75, 3.05) is 0 Å². The van der Waals surface area contributed by atoms with Crippen molar-refractivity contribution in [3.05, 3.63) is 144 Å². The van der Waals surface area contributed by atoms with Gasteiger partial charge in [0.1, 0.15) is 17.2 Å². The predicted octanol–water partition coefficient (Wildman–Crippen LogP) is 11.7. The van der Waals surface area contributed by atoms with E-state index in [1.54, 1.807) is 24.3 Å². The molecule has 0 radical (unpaired) electrons. The first-order valence-electron chi connectivity index (χ1n) is 17.1. The van der Waals surface area contributed by atoms with Gasteiger partial charge in [-0.25, -0.2) is 4.79 Å². The van der Waals surface area contributed by atoms with Crippen molar-refractivity contribution in [2.24, 2.45) is 0 Å². The summed E-state index contributed by atoms with van der Waals surface area (Å²) in [6.07, 6.45) is 43.1. The standard InChI is InChI=1S/C43H54O4/c1-4-5-6-7-8-9-17-20-23-26-29-39-41(45)33-36(2)34-42(39)47-43(46)30-27-24-21-18-15-13-11-10-12-14-16-19-22-25-28-38-31-32-40(44)37(3)35-38/h10-16,18-19,21-22,24-25,27-28,30-35,44-45H,4-9,17,20,23,26,29H2,1-3H3. The quantitative estimate of drug-likeness (QED) is 0.0471. The van der Waals surface area contributed by atoms with Crippen molar-refractivity contribution < 1.29 is 19.7 Å². The van der Waals surface area contributed by atoms with Crippen molar-refractivity contribution in [3.8, 4) is 17.2 Å².